The average molecular weight is 693 g/mol. The van der Waals surface area contributed by atoms with Crippen LogP contribution in [-0.4, -0.2) is 78.6 Å². The van der Waals surface area contributed by atoms with Gasteiger partial charge in [0.15, 0.2) is 0 Å². The molecule has 0 aliphatic heterocycles. The molecule has 0 saturated carbocycles. The van der Waals surface area contributed by atoms with Crippen molar-refractivity contribution in [2.75, 3.05) is 55.6 Å². The van der Waals surface area contributed by atoms with E-state index in [4.69, 9.17) is 19.3 Å². The van der Waals surface area contributed by atoms with E-state index in [0.717, 1.165) is 34.8 Å². The van der Waals surface area contributed by atoms with Crippen molar-refractivity contribution in [3.8, 4) is 0 Å². The summed E-state index contributed by atoms with van der Waals surface area (Å²) in [5.41, 5.74) is 4.00. The first-order valence-corrected chi connectivity index (χ1v) is 17.3. The molecule has 0 saturated heterocycles. The topological polar surface area (TPSA) is 184 Å². The molecule has 0 aliphatic carbocycles. The van der Waals surface area contributed by atoms with Gasteiger partial charge in [-0.05, 0) is 61.4 Å². The normalized spacial score (nSPS) is 11.3. The number of anilines is 3. The van der Waals surface area contributed by atoms with Gasteiger partial charge in [0.25, 0.3) is 0 Å². The van der Waals surface area contributed by atoms with Crippen molar-refractivity contribution < 1.29 is 47.5 Å². The van der Waals surface area contributed by atoms with Crippen LogP contribution in [0.3, 0.4) is 0 Å². The molecule has 15 heteroatoms. The fraction of sp³-hybridized carbons (Fsp3) is 0.515. The van der Waals surface area contributed by atoms with Gasteiger partial charge in [-0.25, -0.2) is 9.36 Å². The molecule has 2 aromatic carbocycles. The van der Waals surface area contributed by atoms with Crippen molar-refractivity contribution in [2.24, 2.45) is 11.8 Å². The molecule has 0 bridgehead atoms. The van der Waals surface area contributed by atoms with Crippen LogP contribution in [0, 0.1) is 18.8 Å². The van der Waals surface area contributed by atoms with E-state index in [1.807, 2.05) is 49.4 Å². The fourth-order valence-electron chi connectivity index (χ4n) is 4.59. The zero-order valence-corrected chi connectivity index (χ0v) is 29.5. The van der Waals surface area contributed by atoms with E-state index in [2.05, 4.69) is 47.8 Å². The Balaban J connectivity index is 1.96. The third-order valence-electron chi connectivity index (χ3n) is 6.77. The summed E-state index contributed by atoms with van der Waals surface area (Å²) in [5.74, 6) is -1.10. The fourth-order valence-corrected chi connectivity index (χ4v) is 4.96. The van der Waals surface area contributed by atoms with Crippen molar-refractivity contribution in [3.05, 3.63) is 53.6 Å². The van der Waals surface area contributed by atoms with E-state index in [1.165, 1.54) is 7.05 Å². The third-order valence-corrected chi connectivity index (χ3v) is 7.29. The van der Waals surface area contributed by atoms with Crippen LogP contribution in [0.25, 0.3) is 0 Å². The molecule has 14 nitrogen and oxygen atoms in total. The van der Waals surface area contributed by atoms with Crippen molar-refractivity contribution in [1.29, 1.82) is 0 Å². The van der Waals surface area contributed by atoms with Gasteiger partial charge >= 0.3 is 25.8 Å². The number of carbonyl (C=O) groups is 4. The highest BCUT2D eigenvalue weighted by atomic mass is 31.2. The number of hydrogen-bond donors (Lipinski definition) is 4. The molecule has 0 unspecified atom stereocenters. The zero-order valence-electron chi connectivity index (χ0n) is 28.6. The lowest BCUT2D eigenvalue weighted by atomic mass is 10.1. The molecular formula is C33H49N4O10P. The van der Waals surface area contributed by atoms with Crippen LogP contribution in [0.5, 0.6) is 0 Å². The maximum absolute atomic E-state index is 13.0. The second-order valence-corrected chi connectivity index (χ2v) is 13.6. The van der Waals surface area contributed by atoms with Crippen molar-refractivity contribution in [2.45, 2.75) is 60.3 Å². The maximum atomic E-state index is 13.0. The highest BCUT2D eigenvalue weighted by molar-refractivity contribution is 7.46. The van der Waals surface area contributed by atoms with E-state index >= 15 is 0 Å². The molecular weight excluding hydrogens is 643 g/mol. The van der Waals surface area contributed by atoms with E-state index in [1.54, 1.807) is 0 Å². The predicted octanol–water partition coefficient (Wildman–Crippen LogP) is 5.08. The Hall–Kier alpha value is -3.97. The Labute approximate surface area is 282 Å². The highest BCUT2D eigenvalue weighted by Gasteiger charge is 2.19. The monoisotopic (exact) mass is 692 g/mol. The molecule has 0 radical (unpaired) electrons. The van der Waals surface area contributed by atoms with Crippen LogP contribution in [0.2, 0.25) is 0 Å². The first-order chi connectivity index (χ1) is 22.5. The summed E-state index contributed by atoms with van der Waals surface area (Å²) in [6.07, 6.45) is 0.249. The Bertz CT molecular complexity index is 1400. The first-order valence-electron chi connectivity index (χ1n) is 15.8. The van der Waals surface area contributed by atoms with E-state index in [9.17, 15) is 23.7 Å². The lowest BCUT2D eigenvalue weighted by Crippen LogP contribution is -2.33. The molecule has 4 N–H and O–H groups in total. The molecule has 0 aliphatic rings. The molecule has 0 fully saturated rings. The van der Waals surface area contributed by atoms with Crippen LogP contribution in [0.1, 0.15) is 58.1 Å². The summed E-state index contributed by atoms with van der Waals surface area (Å²) in [7, 11) is -3.24. The number of nitrogens with zero attached hydrogens (tertiary/aromatic N) is 2. The lowest BCUT2D eigenvalue weighted by Gasteiger charge is -2.30. The number of rotatable bonds is 19. The predicted molar refractivity (Wildman–Crippen MR) is 182 cm³/mol. The van der Waals surface area contributed by atoms with Crippen molar-refractivity contribution in [1.82, 2.24) is 4.90 Å². The van der Waals surface area contributed by atoms with Gasteiger partial charge in [0.1, 0.15) is 6.54 Å². The number of nitrogens with one attached hydrogen (secondary N) is 2. The van der Waals surface area contributed by atoms with Crippen molar-refractivity contribution >= 4 is 48.8 Å². The maximum Gasteiger partial charge on any atom is 0.469 e. The highest BCUT2D eigenvalue weighted by Crippen LogP contribution is 2.35. The number of ether oxygens (including phenoxy) is 2. The number of phosphoric acid groups is 1. The number of likely N-dealkylation sites (N-methyl/N-ethyl adjacent to an activating group) is 1. The Kier molecular flexibility index (Phi) is 16.5. The van der Waals surface area contributed by atoms with Gasteiger partial charge < -0.3 is 39.7 Å². The Morgan fingerprint density at radius 2 is 1.50 bits per heavy atom. The third kappa shape index (κ3) is 16.2. The number of amides is 3. The number of urea groups is 1. The van der Waals surface area contributed by atoms with E-state index in [0.29, 0.717) is 29.6 Å². The average Bonchev–Trinajstić information content (AvgIpc) is 2.98. The summed E-state index contributed by atoms with van der Waals surface area (Å²) < 4.78 is 24.9. The molecule has 0 heterocycles. The lowest BCUT2D eigenvalue weighted by molar-refractivity contribution is -0.168. The van der Waals surface area contributed by atoms with Crippen LogP contribution in [-0.2, 0) is 39.4 Å². The smallest absolute Gasteiger partial charge is 0.428 e. The molecule has 48 heavy (non-hydrogen) atoms. The number of hydrogen-bond acceptors (Lipinski definition) is 9. The summed E-state index contributed by atoms with van der Waals surface area (Å²) in [6.45, 7) is 10.7. The number of carbonyl (C=O) groups excluding carboxylic acids is 4. The minimum absolute atomic E-state index is 0.0112. The molecule has 3 amide bonds. The summed E-state index contributed by atoms with van der Waals surface area (Å²) >= 11 is 0. The zero-order chi connectivity index (χ0) is 35.9. The van der Waals surface area contributed by atoms with Gasteiger partial charge in [-0.2, -0.15) is 0 Å². The number of esters is 2. The van der Waals surface area contributed by atoms with Crippen LogP contribution in [0.4, 0.5) is 21.9 Å². The number of phosphoric ester groups is 1. The van der Waals surface area contributed by atoms with Crippen LogP contribution < -0.4 is 15.5 Å². The molecule has 2 rings (SSSR count). The standard InChI is InChI=1S/C33H49N4O10P/c1-23(2)19-37(20-24(3)4)29-15-11-26(18-28(29)35-33(41)34-27-13-9-25(5)10-14-27)12-16-31(39)45-22-46-32(40)21-36(6)30(38)8-7-17-47-48(42,43)44/h9-11,13-15,18,23-24H,7-8,12,16-17,19-22H2,1-6H3,(H2,34,35,41)(H2,42,43,44). The van der Waals surface area contributed by atoms with Gasteiger partial charge in [-0.15, -0.1) is 0 Å². The van der Waals surface area contributed by atoms with Crippen molar-refractivity contribution in [3.63, 3.8) is 0 Å². The summed E-state index contributed by atoms with van der Waals surface area (Å²) in [5, 5.41) is 5.85. The number of aryl methyl sites for hydroxylation is 2. The van der Waals surface area contributed by atoms with Gasteiger partial charge in [0.05, 0.1) is 18.0 Å². The van der Waals surface area contributed by atoms with Gasteiger partial charge in [-0.1, -0.05) is 51.5 Å². The largest absolute Gasteiger partial charge is 0.469 e. The van der Waals surface area contributed by atoms with E-state index < -0.39 is 45.0 Å². The second kappa shape index (κ2) is 19.8. The Morgan fingerprint density at radius 3 is 2.10 bits per heavy atom. The molecule has 0 spiro atoms. The summed E-state index contributed by atoms with van der Waals surface area (Å²) in [6, 6.07) is 12.8. The quantitative estimate of drug-likeness (QED) is 0.0666. The minimum atomic E-state index is -4.61. The SMILES string of the molecule is Cc1ccc(NC(=O)Nc2cc(CCC(=O)OCOC(=O)CN(C)C(=O)CCCOP(=O)(O)O)ccc2N(CC(C)C)CC(C)C)cc1. The van der Waals surface area contributed by atoms with Gasteiger partial charge in [0, 0.05) is 38.7 Å². The summed E-state index contributed by atoms with van der Waals surface area (Å²) in [4.78, 5) is 70.3. The van der Waals surface area contributed by atoms with E-state index in [-0.39, 0.29) is 25.9 Å². The first kappa shape index (κ1) is 40.2. The number of benzene rings is 2. The molecule has 266 valence electrons. The van der Waals surface area contributed by atoms with Gasteiger partial charge in [0.2, 0.25) is 12.7 Å². The second-order valence-electron chi connectivity index (χ2n) is 12.3. The minimum Gasteiger partial charge on any atom is -0.428 e. The molecule has 2 aromatic rings. The van der Waals surface area contributed by atoms with Gasteiger partial charge in [-0.3, -0.25) is 18.9 Å². The molecule has 0 aromatic heterocycles. The van der Waals surface area contributed by atoms with Crippen LogP contribution >= 0.6 is 7.82 Å². The van der Waals surface area contributed by atoms with Crippen LogP contribution in [0.15, 0.2) is 42.5 Å². The molecule has 0 atom stereocenters. The Morgan fingerprint density at radius 1 is 0.875 bits per heavy atom.